The lowest BCUT2D eigenvalue weighted by Crippen LogP contribution is -2.30. The van der Waals surface area contributed by atoms with E-state index in [-0.39, 0.29) is 11.9 Å². The Morgan fingerprint density at radius 1 is 1.45 bits per heavy atom. The second-order valence-electron chi connectivity index (χ2n) is 5.26. The first-order chi connectivity index (χ1) is 10.7. The molecule has 1 atom stereocenters. The van der Waals surface area contributed by atoms with Crippen LogP contribution in [0.4, 0.5) is 0 Å². The summed E-state index contributed by atoms with van der Waals surface area (Å²) in [7, 11) is 0. The van der Waals surface area contributed by atoms with Gasteiger partial charge in [-0.1, -0.05) is 28.8 Å². The maximum atomic E-state index is 12.4. The van der Waals surface area contributed by atoms with Crippen molar-refractivity contribution in [2.75, 3.05) is 6.54 Å². The van der Waals surface area contributed by atoms with Crippen molar-refractivity contribution in [1.82, 2.24) is 20.2 Å². The van der Waals surface area contributed by atoms with Crippen LogP contribution in [0.1, 0.15) is 49.7 Å². The van der Waals surface area contributed by atoms with Crippen molar-refractivity contribution >= 4 is 17.5 Å². The number of hydrogen-bond acceptors (Lipinski definition) is 6. The molecule has 118 valence electrons. The van der Waals surface area contributed by atoms with Crippen LogP contribution in [0.3, 0.4) is 0 Å². The number of likely N-dealkylation sites (tertiary alicyclic amines) is 1. The molecule has 0 unspecified atom stereocenters. The molecule has 2 aromatic heterocycles. The fraction of sp³-hybridized carbons (Fsp3) is 0.571. The molecule has 1 amide bonds. The highest BCUT2D eigenvalue weighted by Crippen LogP contribution is 2.31. The molecule has 0 bridgehead atoms. The van der Waals surface area contributed by atoms with Gasteiger partial charge in [-0.2, -0.15) is 4.98 Å². The minimum Gasteiger partial charge on any atom is -0.360 e. The first kappa shape index (κ1) is 15.0. The lowest BCUT2D eigenvalue weighted by atomic mass is 10.2. The Hall–Kier alpha value is -1.89. The summed E-state index contributed by atoms with van der Waals surface area (Å²) in [5.41, 5.74) is 0. The van der Waals surface area contributed by atoms with Gasteiger partial charge in [0.2, 0.25) is 11.8 Å². The van der Waals surface area contributed by atoms with E-state index < -0.39 is 0 Å². The summed E-state index contributed by atoms with van der Waals surface area (Å²) in [5, 5.41) is 7.81. The third kappa shape index (κ3) is 3.14. The van der Waals surface area contributed by atoms with Gasteiger partial charge in [-0.25, -0.2) is 0 Å². The van der Waals surface area contributed by atoms with E-state index in [1.807, 2.05) is 11.8 Å². The van der Waals surface area contributed by atoms with Gasteiger partial charge in [0.1, 0.15) is 11.8 Å². The van der Waals surface area contributed by atoms with E-state index in [1.165, 1.54) is 0 Å². The van der Waals surface area contributed by atoms with Crippen LogP contribution in [0, 0.1) is 0 Å². The van der Waals surface area contributed by atoms with Crippen molar-refractivity contribution in [3.05, 3.63) is 28.7 Å². The average molecular weight is 325 g/mol. The van der Waals surface area contributed by atoms with Crippen LogP contribution in [0.5, 0.6) is 0 Å². The molecule has 3 rings (SSSR count). The van der Waals surface area contributed by atoms with Crippen molar-refractivity contribution in [3.63, 3.8) is 0 Å². The summed E-state index contributed by atoms with van der Waals surface area (Å²) in [6, 6.07) is 1.51. The third-order valence-electron chi connectivity index (χ3n) is 3.77. The van der Waals surface area contributed by atoms with Crippen LogP contribution < -0.4 is 0 Å². The van der Waals surface area contributed by atoms with Crippen LogP contribution in [-0.4, -0.2) is 32.6 Å². The maximum absolute atomic E-state index is 12.4. The number of aromatic nitrogens is 3. The normalized spacial score (nSPS) is 18.1. The van der Waals surface area contributed by atoms with E-state index in [1.54, 1.807) is 6.07 Å². The van der Waals surface area contributed by atoms with Crippen molar-refractivity contribution in [3.8, 4) is 0 Å². The zero-order valence-corrected chi connectivity index (χ0v) is 13.0. The van der Waals surface area contributed by atoms with Gasteiger partial charge in [0, 0.05) is 31.9 Å². The number of aryl methyl sites for hydroxylation is 2. The smallest absolute Gasteiger partial charge is 0.249 e. The summed E-state index contributed by atoms with van der Waals surface area (Å²) in [6.07, 6.45) is 3.33. The molecule has 0 spiro atoms. The SMILES string of the molecule is CCc1noc([C@@H]2CCCN2C(=O)CCc2cc(Cl)no2)n1. The lowest BCUT2D eigenvalue weighted by Gasteiger charge is -2.21. The molecule has 2 aromatic rings. The quantitative estimate of drug-likeness (QED) is 0.840. The molecule has 22 heavy (non-hydrogen) atoms. The fourth-order valence-corrected chi connectivity index (χ4v) is 2.80. The fourth-order valence-electron chi connectivity index (χ4n) is 2.65. The zero-order chi connectivity index (χ0) is 15.5. The minimum absolute atomic E-state index is 0.0475. The minimum atomic E-state index is -0.112. The summed E-state index contributed by atoms with van der Waals surface area (Å²) in [4.78, 5) is 18.6. The molecule has 7 nitrogen and oxygen atoms in total. The molecular weight excluding hydrogens is 308 g/mol. The molecule has 1 fully saturated rings. The number of hydrogen-bond donors (Lipinski definition) is 0. The van der Waals surface area contributed by atoms with Gasteiger partial charge >= 0.3 is 0 Å². The molecule has 1 aliphatic heterocycles. The summed E-state index contributed by atoms with van der Waals surface area (Å²) >= 11 is 5.69. The van der Waals surface area contributed by atoms with Gasteiger partial charge in [-0.05, 0) is 12.8 Å². The Balaban J connectivity index is 1.63. The first-order valence-electron chi connectivity index (χ1n) is 7.40. The Labute approximate surface area is 132 Å². The maximum Gasteiger partial charge on any atom is 0.249 e. The van der Waals surface area contributed by atoms with Gasteiger partial charge in [-0.3, -0.25) is 4.79 Å². The number of carbonyl (C=O) groups excluding carboxylic acids is 1. The van der Waals surface area contributed by atoms with E-state index in [4.69, 9.17) is 20.6 Å². The van der Waals surface area contributed by atoms with Crippen LogP contribution in [0.15, 0.2) is 15.1 Å². The second-order valence-corrected chi connectivity index (χ2v) is 5.65. The highest BCUT2D eigenvalue weighted by Gasteiger charge is 2.33. The molecule has 0 radical (unpaired) electrons. The number of amides is 1. The first-order valence-corrected chi connectivity index (χ1v) is 7.78. The summed E-state index contributed by atoms with van der Waals surface area (Å²) in [5.74, 6) is 1.86. The average Bonchev–Trinajstić information content (AvgIpc) is 3.24. The molecule has 1 aliphatic rings. The lowest BCUT2D eigenvalue weighted by molar-refractivity contribution is -0.132. The molecule has 0 aromatic carbocycles. The van der Waals surface area contributed by atoms with Crippen molar-refractivity contribution in [1.29, 1.82) is 0 Å². The van der Waals surface area contributed by atoms with Gasteiger partial charge in [0.25, 0.3) is 0 Å². The Kier molecular flexibility index (Phi) is 4.42. The molecule has 8 heteroatoms. The summed E-state index contributed by atoms with van der Waals surface area (Å²) < 4.78 is 10.3. The number of nitrogens with zero attached hydrogens (tertiary/aromatic N) is 4. The van der Waals surface area contributed by atoms with Crippen LogP contribution in [0.25, 0.3) is 0 Å². The van der Waals surface area contributed by atoms with Crippen LogP contribution in [-0.2, 0) is 17.6 Å². The zero-order valence-electron chi connectivity index (χ0n) is 12.3. The summed E-state index contributed by atoms with van der Waals surface area (Å²) in [6.45, 7) is 2.68. The second kappa shape index (κ2) is 6.48. The van der Waals surface area contributed by atoms with E-state index in [0.717, 1.165) is 19.3 Å². The third-order valence-corrected chi connectivity index (χ3v) is 3.95. The van der Waals surface area contributed by atoms with Crippen molar-refractivity contribution in [2.24, 2.45) is 0 Å². The van der Waals surface area contributed by atoms with Crippen molar-refractivity contribution in [2.45, 2.75) is 45.1 Å². The topological polar surface area (TPSA) is 85.3 Å². The van der Waals surface area contributed by atoms with E-state index in [2.05, 4.69) is 15.3 Å². The number of rotatable bonds is 5. The van der Waals surface area contributed by atoms with Crippen molar-refractivity contribution < 1.29 is 13.8 Å². The standard InChI is InChI=1S/C14H17ClN4O3/c1-2-12-16-14(22-18-12)10-4-3-7-19(10)13(20)6-5-9-8-11(15)17-21-9/h8,10H,2-7H2,1H3/t10-/m0/s1. The van der Waals surface area contributed by atoms with Gasteiger partial charge in [0.15, 0.2) is 11.0 Å². The van der Waals surface area contributed by atoms with E-state index in [9.17, 15) is 4.79 Å². The van der Waals surface area contributed by atoms with Gasteiger partial charge in [-0.15, -0.1) is 0 Å². The van der Waals surface area contributed by atoms with E-state index >= 15 is 0 Å². The van der Waals surface area contributed by atoms with Gasteiger partial charge in [0.05, 0.1) is 0 Å². The number of halogens is 1. The highest BCUT2D eigenvalue weighted by atomic mass is 35.5. The Morgan fingerprint density at radius 3 is 3.00 bits per heavy atom. The highest BCUT2D eigenvalue weighted by molar-refractivity contribution is 6.29. The van der Waals surface area contributed by atoms with Crippen LogP contribution in [0.2, 0.25) is 5.15 Å². The molecule has 3 heterocycles. The van der Waals surface area contributed by atoms with Crippen LogP contribution >= 0.6 is 11.6 Å². The van der Waals surface area contributed by atoms with Gasteiger partial charge < -0.3 is 13.9 Å². The van der Waals surface area contributed by atoms with E-state index in [0.29, 0.717) is 42.0 Å². The molecule has 1 saturated heterocycles. The monoisotopic (exact) mass is 324 g/mol. The predicted molar refractivity (Wildman–Crippen MR) is 77.2 cm³/mol. The molecule has 0 N–H and O–H groups in total. The predicted octanol–water partition coefficient (Wildman–Crippen LogP) is 2.57. The largest absolute Gasteiger partial charge is 0.360 e. The molecule has 0 aliphatic carbocycles. The number of carbonyl (C=O) groups is 1. The molecule has 0 saturated carbocycles. The Morgan fingerprint density at radius 2 is 2.32 bits per heavy atom. The Bertz CT molecular complexity index is 654. The molecular formula is C14H17ClN4O3.